The summed E-state index contributed by atoms with van der Waals surface area (Å²) in [4.78, 5) is 26.1. The van der Waals surface area contributed by atoms with Gasteiger partial charge in [-0.3, -0.25) is 9.59 Å². The molecule has 1 aliphatic rings. The maximum Gasteiger partial charge on any atom is 0.265 e. The lowest BCUT2D eigenvalue weighted by Gasteiger charge is -2.18. The van der Waals surface area contributed by atoms with Crippen molar-refractivity contribution in [2.75, 3.05) is 18.5 Å². The van der Waals surface area contributed by atoms with Crippen molar-refractivity contribution >= 4 is 55.5 Å². The molecule has 5 rings (SSSR count). The number of rotatable bonds is 2. The Kier molecular flexibility index (Phi) is 4.22. The molecule has 4 aromatic rings. The van der Waals surface area contributed by atoms with Crippen LogP contribution in [0.2, 0.25) is 5.02 Å². The number of ether oxygens (including phenoxy) is 2. The molecule has 0 saturated carbocycles. The number of thiophene rings is 1. The van der Waals surface area contributed by atoms with Crippen LogP contribution in [0.25, 0.3) is 21.0 Å². The highest BCUT2D eigenvalue weighted by Crippen LogP contribution is 2.34. The van der Waals surface area contributed by atoms with Crippen LogP contribution < -0.4 is 20.3 Å². The second-order valence-corrected chi connectivity index (χ2v) is 8.18. The summed E-state index contributed by atoms with van der Waals surface area (Å²) in [6, 6.07) is 12.3. The predicted molar refractivity (Wildman–Crippen MR) is 115 cm³/mol. The number of aryl methyl sites for hydroxylation is 1. The van der Waals surface area contributed by atoms with Crippen LogP contribution in [0.15, 0.2) is 47.3 Å². The number of fused-ring (bicyclic) bond motifs is 4. The SMILES string of the molecule is Cn1c(=O)c2cc(C(=O)Nc3ccc4c(c3)OCCO4)sc2c2ccc(Cl)cc21. The van der Waals surface area contributed by atoms with Crippen LogP contribution in [-0.4, -0.2) is 23.7 Å². The lowest BCUT2D eigenvalue weighted by Crippen LogP contribution is -2.16. The molecule has 0 atom stereocenters. The third-order valence-corrected chi connectivity index (χ3v) is 6.26. The van der Waals surface area contributed by atoms with Crippen molar-refractivity contribution in [1.29, 1.82) is 0 Å². The monoisotopic (exact) mass is 426 g/mol. The molecule has 2 aromatic heterocycles. The van der Waals surface area contributed by atoms with Crippen LogP contribution in [0, 0.1) is 0 Å². The molecule has 0 fully saturated rings. The average Bonchev–Trinajstić information content (AvgIpc) is 3.18. The van der Waals surface area contributed by atoms with Gasteiger partial charge in [0.1, 0.15) is 13.2 Å². The van der Waals surface area contributed by atoms with Gasteiger partial charge in [0, 0.05) is 33.9 Å². The fraction of sp³-hybridized carbons (Fsp3) is 0.143. The zero-order valence-corrected chi connectivity index (χ0v) is 16.9. The van der Waals surface area contributed by atoms with E-state index in [4.69, 9.17) is 21.1 Å². The molecule has 0 unspecified atom stereocenters. The molecule has 1 amide bonds. The van der Waals surface area contributed by atoms with Gasteiger partial charge in [-0.25, -0.2) is 0 Å². The van der Waals surface area contributed by atoms with E-state index in [-0.39, 0.29) is 11.5 Å². The van der Waals surface area contributed by atoms with Crippen molar-refractivity contribution in [3.8, 4) is 11.5 Å². The van der Waals surface area contributed by atoms with Crippen LogP contribution >= 0.6 is 22.9 Å². The molecule has 0 bridgehead atoms. The average molecular weight is 427 g/mol. The summed E-state index contributed by atoms with van der Waals surface area (Å²) < 4.78 is 13.4. The number of halogens is 1. The predicted octanol–water partition coefficient (Wildman–Crippen LogP) is 4.43. The molecule has 0 spiro atoms. The second-order valence-electron chi connectivity index (χ2n) is 6.69. The van der Waals surface area contributed by atoms with Crippen molar-refractivity contribution < 1.29 is 14.3 Å². The Balaban J connectivity index is 1.55. The van der Waals surface area contributed by atoms with Crippen molar-refractivity contribution in [3.63, 3.8) is 0 Å². The molecule has 1 aliphatic heterocycles. The van der Waals surface area contributed by atoms with Gasteiger partial charge in [-0.1, -0.05) is 11.6 Å². The number of pyridine rings is 1. The molecule has 6 nitrogen and oxygen atoms in total. The lowest BCUT2D eigenvalue weighted by atomic mass is 10.1. The molecule has 0 radical (unpaired) electrons. The van der Waals surface area contributed by atoms with Gasteiger partial charge in [0.2, 0.25) is 0 Å². The van der Waals surface area contributed by atoms with Crippen molar-refractivity contribution in [2.24, 2.45) is 7.05 Å². The fourth-order valence-corrected chi connectivity index (χ4v) is 4.69. The summed E-state index contributed by atoms with van der Waals surface area (Å²) in [5, 5.41) is 4.82. The van der Waals surface area contributed by atoms with E-state index in [9.17, 15) is 9.59 Å². The maximum absolute atomic E-state index is 12.8. The Hall–Kier alpha value is -3.03. The minimum Gasteiger partial charge on any atom is -0.486 e. The first kappa shape index (κ1) is 18.0. The van der Waals surface area contributed by atoms with Crippen molar-refractivity contribution in [1.82, 2.24) is 4.57 Å². The molecule has 29 heavy (non-hydrogen) atoms. The second kappa shape index (κ2) is 6.79. The molecular formula is C21H15ClN2O4S. The van der Waals surface area contributed by atoms with E-state index in [2.05, 4.69) is 5.32 Å². The van der Waals surface area contributed by atoms with Gasteiger partial charge < -0.3 is 19.4 Å². The zero-order chi connectivity index (χ0) is 20.1. The number of hydrogen-bond acceptors (Lipinski definition) is 5. The van der Waals surface area contributed by atoms with Gasteiger partial charge >= 0.3 is 0 Å². The first-order chi connectivity index (χ1) is 14.0. The van der Waals surface area contributed by atoms with Crippen LogP contribution in [0.1, 0.15) is 9.67 Å². The van der Waals surface area contributed by atoms with E-state index in [1.807, 2.05) is 6.07 Å². The fourth-order valence-electron chi connectivity index (χ4n) is 3.44. The van der Waals surface area contributed by atoms with Crippen molar-refractivity contribution in [2.45, 2.75) is 0 Å². The number of aromatic nitrogens is 1. The van der Waals surface area contributed by atoms with Crippen molar-refractivity contribution in [3.05, 3.63) is 62.7 Å². The Bertz CT molecular complexity index is 1360. The molecule has 0 aliphatic carbocycles. The molecule has 1 N–H and O–H groups in total. The Morgan fingerprint density at radius 2 is 1.86 bits per heavy atom. The van der Waals surface area contributed by atoms with Gasteiger partial charge in [0.05, 0.1) is 15.8 Å². The number of carbonyl (C=O) groups is 1. The first-order valence-electron chi connectivity index (χ1n) is 8.94. The quantitative estimate of drug-likeness (QED) is 0.514. The van der Waals surface area contributed by atoms with E-state index in [0.717, 1.165) is 15.6 Å². The highest BCUT2D eigenvalue weighted by Gasteiger charge is 2.18. The van der Waals surface area contributed by atoms with Gasteiger partial charge in [0.25, 0.3) is 11.5 Å². The minimum absolute atomic E-state index is 0.163. The lowest BCUT2D eigenvalue weighted by molar-refractivity contribution is 0.103. The summed E-state index contributed by atoms with van der Waals surface area (Å²) in [7, 11) is 1.70. The number of hydrogen-bond donors (Lipinski definition) is 1. The molecule has 146 valence electrons. The van der Waals surface area contributed by atoms with Gasteiger partial charge in [-0.05, 0) is 36.4 Å². The summed E-state index contributed by atoms with van der Waals surface area (Å²) in [5.41, 5.74) is 1.17. The van der Waals surface area contributed by atoms with Gasteiger partial charge in [-0.15, -0.1) is 11.3 Å². The zero-order valence-electron chi connectivity index (χ0n) is 15.3. The molecule has 3 heterocycles. The minimum atomic E-state index is -0.285. The number of amides is 1. The smallest absolute Gasteiger partial charge is 0.265 e. The molecule has 0 saturated heterocycles. The highest BCUT2D eigenvalue weighted by molar-refractivity contribution is 7.21. The van der Waals surface area contributed by atoms with E-state index in [1.54, 1.807) is 48.0 Å². The summed E-state index contributed by atoms with van der Waals surface area (Å²) in [6.07, 6.45) is 0. The molecule has 2 aromatic carbocycles. The van der Waals surface area contributed by atoms with E-state index >= 15 is 0 Å². The number of nitrogens with one attached hydrogen (secondary N) is 1. The van der Waals surface area contributed by atoms with Crippen LogP contribution in [0.3, 0.4) is 0 Å². The summed E-state index contributed by atoms with van der Waals surface area (Å²) in [5.74, 6) is 0.971. The Labute approximate surface area is 174 Å². The number of anilines is 1. The van der Waals surface area contributed by atoms with Crippen LogP contribution in [-0.2, 0) is 7.05 Å². The number of benzene rings is 2. The third kappa shape index (κ3) is 3.03. The molecular weight excluding hydrogens is 412 g/mol. The Morgan fingerprint density at radius 1 is 1.07 bits per heavy atom. The number of carbonyl (C=O) groups excluding carboxylic acids is 1. The van der Waals surface area contributed by atoms with E-state index in [1.165, 1.54) is 11.3 Å². The first-order valence-corrected chi connectivity index (χ1v) is 10.1. The van der Waals surface area contributed by atoms with E-state index in [0.29, 0.717) is 45.7 Å². The van der Waals surface area contributed by atoms with Crippen LogP contribution in [0.5, 0.6) is 11.5 Å². The molecule has 8 heteroatoms. The normalized spacial score (nSPS) is 13.0. The Morgan fingerprint density at radius 3 is 2.69 bits per heavy atom. The summed E-state index contributed by atoms with van der Waals surface area (Å²) in [6.45, 7) is 0.982. The number of nitrogens with zero attached hydrogens (tertiary/aromatic N) is 1. The topological polar surface area (TPSA) is 69.6 Å². The van der Waals surface area contributed by atoms with Crippen LogP contribution in [0.4, 0.5) is 5.69 Å². The largest absolute Gasteiger partial charge is 0.486 e. The standard InChI is InChI=1S/C21H15ClN2O4S/c1-24-15-8-11(22)2-4-13(15)19-14(21(24)26)10-18(29-19)20(25)23-12-3-5-16-17(9-12)28-7-6-27-16/h2-5,8-10H,6-7H2,1H3,(H,23,25). The van der Waals surface area contributed by atoms with E-state index < -0.39 is 0 Å². The van der Waals surface area contributed by atoms with Gasteiger partial charge in [-0.2, -0.15) is 0 Å². The third-order valence-electron chi connectivity index (χ3n) is 4.86. The highest BCUT2D eigenvalue weighted by atomic mass is 35.5. The van der Waals surface area contributed by atoms with Gasteiger partial charge in [0.15, 0.2) is 11.5 Å². The maximum atomic E-state index is 12.8. The summed E-state index contributed by atoms with van der Waals surface area (Å²) >= 11 is 7.38.